The summed E-state index contributed by atoms with van der Waals surface area (Å²) in [6.07, 6.45) is 0. The summed E-state index contributed by atoms with van der Waals surface area (Å²) in [5.74, 6) is -0.0432. The zero-order valence-electron chi connectivity index (χ0n) is 16.2. The summed E-state index contributed by atoms with van der Waals surface area (Å²) in [5, 5.41) is 10.1. The van der Waals surface area contributed by atoms with Crippen molar-refractivity contribution in [3.8, 4) is 17.3 Å². The van der Waals surface area contributed by atoms with Gasteiger partial charge in [-0.25, -0.2) is 9.89 Å². The fraction of sp³-hybridized carbons (Fsp3) is 0.278. The molecule has 0 fully saturated rings. The van der Waals surface area contributed by atoms with Crippen molar-refractivity contribution >= 4 is 29.0 Å². The highest BCUT2D eigenvalue weighted by molar-refractivity contribution is 6.37. The van der Waals surface area contributed by atoms with Gasteiger partial charge in [-0.2, -0.15) is 4.68 Å². The number of hydrogen-bond donors (Lipinski definition) is 3. The van der Waals surface area contributed by atoms with Crippen molar-refractivity contribution < 1.29 is 4.74 Å². The molecule has 0 radical (unpaired) electrons. The average molecular weight is 453 g/mol. The van der Waals surface area contributed by atoms with Crippen LogP contribution in [0.1, 0.15) is 32.3 Å². The van der Waals surface area contributed by atoms with Gasteiger partial charge in [-0.3, -0.25) is 14.6 Å². The molecule has 3 rings (SSSR count). The Morgan fingerprint density at radius 1 is 1.07 bits per heavy atom. The van der Waals surface area contributed by atoms with E-state index in [1.807, 2.05) is 25.8 Å². The average Bonchev–Trinajstić information content (AvgIpc) is 2.68. The molecule has 0 bridgehead atoms. The lowest BCUT2D eigenvalue weighted by atomic mass is 9.91. The monoisotopic (exact) mass is 452 g/mol. The van der Waals surface area contributed by atoms with Crippen LogP contribution in [-0.2, 0) is 0 Å². The molecule has 0 unspecified atom stereocenters. The van der Waals surface area contributed by atoms with Crippen molar-refractivity contribution in [3.63, 3.8) is 0 Å². The Morgan fingerprint density at radius 3 is 2.30 bits per heavy atom. The molecule has 2 heterocycles. The summed E-state index contributed by atoms with van der Waals surface area (Å²) in [6.45, 7) is 5.92. The van der Waals surface area contributed by atoms with Crippen molar-refractivity contribution in [2.75, 3.05) is 5.73 Å². The first-order valence-corrected chi connectivity index (χ1v) is 9.60. The Bertz CT molecular complexity index is 1260. The minimum absolute atomic E-state index is 0.0314. The highest BCUT2D eigenvalue weighted by Crippen LogP contribution is 2.37. The zero-order valence-corrected chi connectivity index (χ0v) is 17.7. The second-order valence-corrected chi connectivity index (χ2v) is 7.73. The molecular weight excluding hydrogens is 435 g/mol. The quantitative estimate of drug-likeness (QED) is 0.537. The van der Waals surface area contributed by atoms with Crippen LogP contribution < -0.4 is 27.3 Å². The number of halogens is 2. The maximum absolute atomic E-state index is 12.1. The Kier molecular flexibility index (Phi) is 5.99. The number of anilines is 1. The maximum atomic E-state index is 12.1. The van der Waals surface area contributed by atoms with Crippen LogP contribution in [0.25, 0.3) is 5.69 Å². The van der Waals surface area contributed by atoms with Crippen molar-refractivity contribution in [3.05, 3.63) is 65.0 Å². The second kappa shape index (κ2) is 8.33. The molecule has 1 atom stereocenters. The van der Waals surface area contributed by atoms with Crippen LogP contribution in [0.5, 0.6) is 11.6 Å². The van der Waals surface area contributed by atoms with E-state index in [0.717, 1.165) is 4.68 Å². The van der Waals surface area contributed by atoms with Gasteiger partial charge in [0.25, 0.3) is 11.1 Å². The number of nitrogens with zero attached hydrogens (tertiary/aromatic N) is 3. The number of benzene rings is 1. The third-order valence-corrected chi connectivity index (χ3v) is 5.15. The van der Waals surface area contributed by atoms with Crippen LogP contribution in [-0.4, -0.2) is 25.0 Å². The molecule has 10 nitrogen and oxygen atoms in total. The van der Waals surface area contributed by atoms with E-state index in [0.29, 0.717) is 5.56 Å². The topological polar surface area (TPSA) is 149 Å². The molecule has 1 aromatic carbocycles. The van der Waals surface area contributed by atoms with Gasteiger partial charge in [0.1, 0.15) is 0 Å². The third-order valence-electron chi connectivity index (χ3n) is 4.59. The normalized spacial score (nSPS) is 12.2. The van der Waals surface area contributed by atoms with Gasteiger partial charge in [0.15, 0.2) is 5.75 Å². The molecule has 2 aromatic heterocycles. The number of nitrogens with two attached hydrogens (primary N) is 1. The predicted molar refractivity (Wildman–Crippen MR) is 113 cm³/mol. The maximum Gasteiger partial charge on any atom is 0.349 e. The van der Waals surface area contributed by atoms with Crippen molar-refractivity contribution in [1.82, 2.24) is 25.0 Å². The third kappa shape index (κ3) is 4.24. The molecule has 12 heteroatoms. The summed E-state index contributed by atoms with van der Waals surface area (Å²) in [5.41, 5.74) is 4.21. The van der Waals surface area contributed by atoms with E-state index in [9.17, 15) is 14.4 Å². The van der Waals surface area contributed by atoms with Crippen LogP contribution >= 0.6 is 23.2 Å². The predicted octanol–water partition coefficient (Wildman–Crippen LogP) is 2.44. The highest BCUT2D eigenvalue weighted by atomic mass is 35.5. The molecule has 0 amide bonds. The van der Waals surface area contributed by atoms with E-state index in [1.165, 1.54) is 18.2 Å². The molecular formula is C18H18Cl2N6O4. The molecule has 158 valence electrons. The Balaban J connectivity index is 2.01. The van der Waals surface area contributed by atoms with E-state index in [4.69, 9.17) is 33.7 Å². The number of aromatic amines is 2. The van der Waals surface area contributed by atoms with Crippen LogP contribution in [0.15, 0.2) is 32.6 Å². The molecule has 0 spiro atoms. The van der Waals surface area contributed by atoms with Crippen molar-refractivity contribution in [2.45, 2.75) is 26.7 Å². The van der Waals surface area contributed by atoms with Gasteiger partial charge >= 0.3 is 5.69 Å². The van der Waals surface area contributed by atoms with Crippen molar-refractivity contribution in [2.24, 2.45) is 5.92 Å². The van der Waals surface area contributed by atoms with E-state index in [2.05, 4.69) is 15.3 Å². The largest absolute Gasteiger partial charge is 0.434 e. The number of nitrogen functional groups attached to an aromatic ring is 1. The van der Waals surface area contributed by atoms with Crippen LogP contribution in [0.4, 0.5) is 5.82 Å². The zero-order chi connectivity index (χ0) is 22.2. The van der Waals surface area contributed by atoms with Crippen LogP contribution in [0.3, 0.4) is 0 Å². The smallest absolute Gasteiger partial charge is 0.349 e. The lowest BCUT2D eigenvalue weighted by Gasteiger charge is -2.16. The van der Waals surface area contributed by atoms with E-state index >= 15 is 0 Å². The first kappa shape index (κ1) is 21.6. The minimum atomic E-state index is -0.815. The summed E-state index contributed by atoms with van der Waals surface area (Å²) in [6, 6.07) is 4.25. The standard InChI is InChI=1S/C18H18Cl2N6O4/c1-7(2)8(3)10-6-13(23-24-16(10)27)30-14-11(19)4-9(5-12(14)20)26-18(29)22-17(28)15(21)25-26/h4-8H,1-3H3,(H2,21,25)(H,24,27)(H,22,28,29)/t8-/m0/s1. The minimum Gasteiger partial charge on any atom is -0.434 e. The first-order chi connectivity index (χ1) is 14.1. The van der Waals surface area contributed by atoms with Gasteiger partial charge in [-0.05, 0) is 24.0 Å². The number of hydrogen-bond acceptors (Lipinski definition) is 7. The molecule has 0 saturated carbocycles. The molecule has 0 aliphatic heterocycles. The molecule has 3 aromatic rings. The Hall–Kier alpha value is -3.11. The second-order valence-electron chi connectivity index (χ2n) is 6.92. The number of ether oxygens (including phenoxy) is 1. The van der Waals surface area contributed by atoms with Crippen LogP contribution in [0.2, 0.25) is 10.0 Å². The van der Waals surface area contributed by atoms with Crippen molar-refractivity contribution in [1.29, 1.82) is 0 Å². The summed E-state index contributed by atoms with van der Waals surface area (Å²) < 4.78 is 6.54. The van der Waals surface area contributed by atoms with Gasteiger partial charge in [0.2, 0.25) is 11.7 Å². The summed E-state index contributed by atoms with van der Waals surface area (Å²) >= 11 is 12.6. The highest BCUT2D eigenvalue weighted by Gasteiger charge is 2.18. The number of H-pyrrole nitrogens is 2. The van der Waals surface area contributed by atoms with E-state index in [1.54, 1.807) is 0 Å². The molecule has 0 aliphatic rings. The summed E-state index contributed by atoms with van der Waals surface area (Å²) in [4.78, 5) is 37.5. The van der Waals surface area contributed by atoms with Gasteiger partial charge < -0.3 is 10.5 Å². The Labute approximate surface area is 179 Å². The summed E-state index contributed by atoms with van der Waals surface area (Å²) in [7, 11) is 0. The fourth-order valence-electron chi connectivity index (χ4n) is 2.61. The van der Waals surface area contributed by atoms with Gasteiger partial charge in [0.05, 0.1) is 15.7 Å². The first-order valence-electron chi connectivity index (χ1n) is 8.84. The molecule has 0 saturated heterocycles. The number of nitrogens with one attached hydrogen (secondary N) is 2. The van der Waals surface area contributed by atoms with Gasteiger partial charge in [-0.15, -0.1) is 10.2 Å². The van der Waals surface area contributed by atoms with E-state index < -0.39 is 17.1 Å². The lowest BCUT2D eigenvalue weighted by Crippen LogP contribution is -2.33. The molecule has 0 aliphatic carbocycles. The SMILES string of the molecule is CC(C)[C@H](C)c1cc(Oc2c(Cl)cc(-n3nc(N)c(=O)[nH]c3=O)cc2Cl)n[nH]c1=O. The molecule has 4 N–H and O–H groups in total. The van der Waals surface area contributed by atoms with Gasteiger partial charge in [0, 0.05) is 11.6 Å². The lowest BCUT2D eigenvalue weighted by molar-refractivity contribution is 0.448. The van der Waals surface area contributed by atoms with E-state index in [-0.39, 0.29) is 44.8 Å². The fourth-order valence-corrected chi connectivity index (χ4v) is 3.16. The number of aromatic nitrogens is 5. The van der Waals surface area contributed by atoms with Gasteiger partial charge in [-0.1, -0.05) is 44.0 Å². The molecule has 30 heavy (non-hydrogen) atoms. The van der Waals surface area contributed by atoms with Crippen LogP contribution in [0, 0.1) is 5.92 Å². The number of rotatable bonds is 5. The Morgan fingerprint density at radius 2 is 1.70 bits per heavy atom.